The molecule has 4 aliphatic carbocycles. The average molecular weight is 697 g/mol. The van der Waals surface area contributed by atoms with Crippen LogP contribution < -0.4 is 9.47 Å². The molecule has 1 spiro atoms. The number of hydrogen-bond acceptors (Lipinski definition) is 2. The molecule has 0 N–H and O–H groups in total. The molecular weight excluding hydrogens is 645 g/mol. The zero-order valence-corrected chi connectivity index (χ0v) is 31.5. The van der Waals surface area contributed by atoms with Gasteiger partial charge in [-0.25, -0.2) is 0 Å². The van der Waals surface area contributed by atoms with Crippen molar-refractivity contribution in [3.63, 3.8) is 0 Å². The molecule has 5 aromatic carbocycles. The Bertz CT molecular complexity index is 2210. The first-order valence-electron chi connectivity index (χ1n) is 20.6. The smallest absolute Gasteiger partial charge is 0.178 e. The molecule has 0 aromatic heterocycles. The molecule has 268 valence electrons. The third kappa shape index (κ3) is 4.97. The number of benzene rings is 5. The highest BCUT2D eigenvalue weighted by atomic mass is 16.5. The molecule has 2 heteroatoms. The van der Waals surface area contributed by atoms with Gasteiger partial charge in [0, 0.05) is 27.5 Å². The lowest BCUT2D eigenvalue weighted by molar-refractivity contribution is 0.0485. The molecule has 1 aliphatic heterocycles. The van der Waals surface area contributed by atoms with Gasteiger partial charge >= 0.3 is 0 Å². The van der Waals surface area contributed by atoms with Crippen molar-refractivity contribution in [3.05, 3.63) is 149 Å². The summed E-state index contributed by atoms with van der Waals surface area (Å²) in [6, 6.07) is 35.7. The van der Waals surface area contributed by atoms with Gasteiger partial charge in [0.05, 0.1) is 7.11 Å². The van der Waals surface area contributed by atoms with Crippen LogP contribution in [-0.4, -0.2) is 7.11 Å². The van der Waals surface area contributed by atoms with Crippen molar-refractivity contribution in [1.82, 2.24) is 0 Å². The highest BCUT2D eigenvalue weighted by molar-refractivity contribution is 6.09. The molecule has 2 nitrogen and oxygen atoms in total. The van der Waals surface area contributed by atoms with Crippen LogP contribution in [0.15, 0.2) is 115 Å². The summed E-state index contributed by atoms with van der Waals surface area (Å²) >= 11 is 0. The third-order valence-electron chi connectivity index (χ3n) is 14.4. The molecule has 53 heavy (non-hydrogen) atoms. The van der Waals surface area contributed by atoms with E-state index >= 15 is 0 Å². The zero-order chi connectivity index (χ0) is 35.6. The van der Waals surface area contributed by atoms with Crippen LogP contribution in [0.3, 0.4) is 0 Å². The zero-order valence-electron chi connectivity index (χ0n) is 31.5. The second kappa shape index (κ2) is 12.8. The maximum absolute atomic E-state index is 7.66. The van der Waals surface area contributed by atoms with Crippen molar-refractivity contribution in [2.24, 2.45) is 17.3 Å². The first-order chi connectivity index (χ1) is 26.1. The van der Waals surface area contributed by atoms with E-state index in [1.807, 2.05) is 0 Å². The van der Waals surface area contributed by atoms with Crippen LogP contribution in [-0.2, 0) is 11.0 Å². The minimum absolute atomic E-state index is 0.190. The number of rotatable bonds is 5. The van der Waals surface area contributed by atoms with Crippen LogP contribution >= 0.6 is 0 Å². The quantitative estimate of drug-likeness (QED) is 0.170. The normalized spacial score (nSPS) is 24.8. The maximum atomic E-state index is 7.66. The topological polar surface area (TPSA) is 18.5 Å². The number of hydrogen-bond donors (Lipinski definition) is 0. The van der Waals surface area contributed by atoms with Crippen molar-refractivity contribution < 1.29 is 9.47 Å². The maximum Gasteiger partial charge on any atom is 0.178 e. The van der Waals surface area contributed by atoms with Gasteiger partial charge in [0.2, 0.25) is 0 Å². The van der Waals surface area contributed by atoms with E-state index in [9.17, 15) is 0 Å². The Kier molecular flexibility index (Phi) is 7.97. The highest BCUT2D eigenvalue weighted by Crippen LogP contribution is 2.64. The van der Waals surface area contributed by atoms with Gasteiger partial charge in [0.25, 0.3) is 0 Å². The van der Waals surface area contributed by atoms with Gasteiger partial charge in [-0.3, -0.25) is 0 Å². The van der Waals surface area contributed by atoms with Crippen LogP contribution in [0.25, 0.3) is 28.0 Å². The molecule has 0 saturated heterocycles. The molecule has 10 rings (SSSR count). The predicted molar refractivity (Wildman–Crippen MR) is 219 cm³/mol. The summed E-state index contributed by atoms with van der Waals surface area (Å²) in [5.74, 6) is 3.47. The second-order valence-electron chi connectivity index (χ2n) is 16.9. The first kappa shape index (κ1) is 33.0. The van der Waals surface area contributed by atoms with Crippen molar-refractivity contribution in [3.8, 4) is 22.6 Å². The van der Waals surface area contributed by atoms with Crippen LogP contribution in [0.4, 0.5) is 0 Å². The van der Waals surface area contributed by atoms with E-state index in [2.05, 4.69) is 128 Å². The van der Waals surface area contributed by atoms with Gasteiger partial charge in [-0.1, -0.05) is 147 Å². The lowest BCUT2D eigenvalue weighted by Crippen LogP contribution is -2.43. The number of aryl methyl sites for hydroxylation is 1. The van der Waals surface area contributed by atoms with Crippen molar-refractivity contribution >= 4 is 16.8 Å². The fourth-order valence-electron chi connectivity index (χ4n) is 11.8. The standard InChI is InChI=1S/C51H52O2/c1-35-21-23-38(24-22-35)51(39-25-27-40(52-2)28-26-39)30-29-44-47-46(41-17-9-10-18-42(41)48(44)53-51)43-19-11-12-20-45(43)50(47)33-31-49(32-34-50,36-13-5-3-6-14-36)37-15-7-4-8-16-37/h9-12,17-31,33,36-37H,3-8,13-16,32,34H2,1-2H3. The van der Waals surface area contributed by atoms with E-state index in [1.54, 1.807) is 7.11 Å². The Balaban J connectivity index is 1.20. The van der Waals surface area contributed by atoms with Crippen LogP contribution in [0, 0.1) is 24.2 Å². The molecule has 2 unspecified atom stereocenters. The monoisotopic (exact) mass is 696 g/mol. The summed E-state index contributed by atoms with van der Waals surface area (Å²) in [5, 5.41) is 2.47. The van der Waals surface area contributed by atoms with E-state index in [0.717, 1.165) is 40.9 Å². The van der Waals surface area contributed by atoms with Crippen molar-refractivity contribution in [1.29, 1.82) is 0 Å². The number of methoxy groups -OCH3 is 1. The minimum atomic E-state index is -0.790. The van der Waals surface area contributed by atoms with Gasteiger partial charge < -0.3 is 9.47 Å². The van der Waals surface area contributed by atoms with E-state index in [4.69, 9.17) is 9.47 Å². The SMILES string of the molecule is COc1ccc(C2(c3ccc(C)cc3)C=Cc3c4c(c5ccccc5c3O2)-c2ccccc2C42C=CC(C3CCCCC3)(C3CCCCC3)CC2)cc1. The van der Waals surface area contributed by atoms with Gasteiger partial charge in [-0.15, -0.1) is 0 Å². The molecule has 5 aliphatic rings. The molecule has 0 radical (unpaired) electrons. The van der Waals surface area contributed by atoms with E-state index in [-0.39, 0.29) is 5.41 Å². The van der Waals surface area contributed by atoms with Crippen molar-refractivity contribution in [2.45, 2.75) is 95.0 Å². The first-order valence-corrected chi connectivity index (χ1v) is 20.6. The summed E-state index contributed by atoms with van der Waals surface area (Å²) in [4.78, 5) is 0. The Morgan fingerprint density at radius 3 is 1.89 bits per heavy atom. The van der Waals surface area contributed by atoms with Crippen LogP contribution in [0.5, 0.6) is 11.5 Å². The molecule has 0 bridgehead atoms. The molecule has 5 aromatic rings. The van der Waals surface area contributed by atoms with E-state index < -0.39 is 5.60 Å². The van der Waals surface area contributed by atoms with E-state index in [0.29, 0.717) is 5.41 Å². The minimum Gasteiger partial charge on any atom is -0.497 e. The third-order valence-corrected chi connectivity index (χ3v) is 14.4. The summed E-state index contributed by atoms with van der Waals surface area (Å²) in [5.41, 5.74) is 9.78. The Labute approximate surface area is 315 Å². The van der Waals surface area contributed by atoms with Gasteiger partial charge in [-0.2, -0.15) is 0 Å². The lowest BCUT2D eigenvalue weighted by Gasteiger charge is -2.52. The van der Waals surface area contributed by atoms with E-state index in [1.165, 1.54) is 115 Å². The molecule has 0 amide bonds. The fourth-order valence-corrected chi connectivity index (χ4v) is 11.8. The lowest BCUT2D eigenvalue weighted by atomic mass is 9.52. The number of fused-ring (bicyclic) bond motifs is 10. The average Bonchev–Trinajstić information content (AvgIpc) is 3.52. The predicted octanol–water partition coefficient (Wildman–Crippen LogP) is 13.3. The molecule has 2 fully saturated rings. The Morgan fingerprint density at radius 2 is 1.25 bits per heavy atom. The van der Waals surface area contributed by atoms with Crippen molar-refractivity contribution in [2.75, 3.05) is 7.11 Å². The largest absolute Gasteiger partial charge is 0.497 e. The van der Waals surface area contributed by atoms with Crippen LogP contribution in [0.2, 0.25) is 0 Å². The van der Waals surface area contributed by atoms with Gasteiger partial charge in [0.1, 0.15) is 11.5 Å². The molecule has 1 heterocycles. The number of ether oxygens (including phenoxy) is 2. The summed E-state index contributed by atoms with van der Waals surface area (Å²) < 4.78 is 13.3. The summed E-state index contributed by atoms with van der Waals surface area (Å²) in [7, 11) is 1.73. The molecule has 2 saturated carbocycles. The molecular formula is C51H52O2. The summed E-state index contributed by atoms with van der Waals surface area (Å²) in [6.07, 6.45) is 26.9. The Hall–Kier alpha value is -4.56. The number of allylic oxidation sites excluding steroid dienone is 2. The van der Waals surface area contributed by atoms with Gasteiger partial charge in [0.15, 0.2) is 5.60 Å². The fraction of sp³-hybridized carbons (Fsp3) is 0.373. The second-order valence-corrected chi connectivity index (χ2v) is 16.9. The van der Waals surface area contributed by atoms with Crippen LogP contribution in [0.1, 0.15) is 110 Å². The van der Waals surface area contributed by atoms with Gasteiger partial charge in [-0.05, 0) is 109 Å². The highest BCUT2D eigenvalue weighted by Gasteiger charge is 2.53. The summed E-state index contributed by atoms with van der Waals surface area (Å²) in [6.45, 7) is 2.15. The Morgan fingerprint density at radius 1 is 0.623 bits per heavy atom. The molecule has 2 atom stereocenters.